The lowest BCUT2D eigenvalue weighted by Crippen LogP contribution is -2.54. The lowest BCUT2D eigenvalue weighted by atomic mass is 10.2. The number of rotatable bonds is 3. The molecule has 2 aliphatic heterocycles. The summed E-state index contributed by atoms with van der Waals surface area (Å²) in [5.41, 5.74) is 5.77. The highest BCUT2D eigenvalue weighted by Gasteiger charge is 2.36. The first-order valence-corrected chi connectivity index (χ1v) is 7.54. The van der Waals surface area contributed by atoms with Crippen molar-refractivity contribution in [3.8, 4) is 0 Å². The van der Waals surface area contributed by atoms with Gasteiger partial charge in [0.25, 0.3) is 10.2 Å². The lowest BCUT2D eigenvalue weighted by molar-refractivity contribution is -0.0134. The highest BCUT2D eigenvalue weighted by molar-refractivity contribution is 7.86. The molecule has 2 fully saturated rings. The van der Waals surface area contributed by atoms with E-state index in [1.165, 1.54) is 4.31 Å². The number of nitrogens with two attached hydrogens (primary N) is 1. The van der Waals surface area contributed by atoms with Crippen molar-refractivity contribution < 1.29 is 13.2 Å². The van der Waals surface area contributed by atoms with Gasteiger partial charge in [-0.2, -0.15) is 17.0 Å². The van der Waals surface area contributed by atoms with Crippen LogP contribution in [0, 0.1) is 0 Å². The lowest BCUT2D eigenvalue weighted by Gasteiger charge is -2.35. The minimum absolute atomic E-state index is 0.147. The van der Waals surface area contributed by atoms with Gasteiger partial charge in [-0.05, 0) is 19.8 Å². The first-order valence-electron chi connectivity index (χ1n) is 6.14. The minimum atomic E-state index is -3.30. The summed E-state index contributed by atoms with van der Waals surface area (Å²) in [5.74, 6) is 0. The second kappa shape index (κ2) is 5.19. The summed E-state index contributed by atoms with van der Waals surface area (Å²) < 4.78 is 33.2. The molecule has 2 saturated heterocycles. The third-order valence-electron chi connectivity index (χ3n) is 3.36. The van der Waals surface area contributed by atoms with E-state index < -0.39 is 10.2 Å². The third kappa shape index (κ3) is 2.79. The molecule has 0 aromatic carbocycles. The molecule has 6 nitrogen and oxygen atoms in total. The van der Waals surface area contributed by atoms with Gasteiger partial charge in [-0.1, -0.05) is 0 Å². The van der Waals surface area contributed by atoms with Gasteiger partial charge in [0.15, 0.2) is 0 Å². The Balaban J connectivity index is 2.05. The zero-order valence-electron chi connectivity index (χ0n) is 10.2. The Bertz CT molecular complexity index is 352. The standard InChI is InChI=1S/C10H21N3O3S/c1-9(11)10-8-13(6-7-16-10)17(14,15)12-4-2-3-5-12/h9-10H,2-8,11H2,1H3. The number of hydrogen-bond acceptors (Lipinski definition) is 4. The summed E-state index contributed by atoms with van der Waals surface area (Å²) in [4.78, 5) is 0. The van der Waals surface area contributed by atoms with Gasteiger partial charge in [-0.15, -0.1) is 0 Å². The molecule has 0 aromatic heterocycles. The molecular weight excluding hydrogens is 242 g/mol. The van der Waals surface area contributed by atoms with E-state index in [0.29, 0.717) is 32.8 Å². The van der Waals surface area contributed by atoms with Crippen LogP contribution in [0.3, 0.4) is 0 Å². The fraction of sp³-hybridized carbons (Fsp3) is 1.00. The smallest absolute Gasteiger partial charge is 0.282 e. The zero-order valence-corrected chi connectivity index (χ0v) is 11.0. The second-order valence-corrected chi connectivity index (χ2v) is 6.67. The second-order valence-electron chi connectivity index (χ2n) is 4.74. The van der Waals surface area contributed by atoms with Crippen LogP contribution in [-0.4, -0.2) is 62.0 Å². The molecule has 0 aromatic rings. The summed E-state index contributed by atoms with van der Waals surface area (Å²) in [7, 11) is -3.30. The van der Waals surface area contributed by atoms with E-state index in [0.717, 1.165) is 12.8 Å². The topological polar surface area (TPSA) is 75.9 Å². The molecule has 0 amide bonds. The fourth-order valence-electron chi connectivity index (χ4n) is 2.26. The van der Waals surface area contributed by atoms with E-state index in [1.807, 2.05) is 6.92 Å². The van der Waals surface area contributed by atoms with Gasteiger partial charge in [0.05, 0.1) is 12.7 Å². The van der Waals surface area contributed by atoms with Gasteiger partial charge in [-0.3, -0.25) is 0 Å². The van der Waals surface area contributed by atoms with Crippen molar-refractivity contribution in [3.63, 3.8) is 0 Å². The maximum Gasteiger partial charge on any atom is 0.282 e. The molecule has 2 N–H and O–H groups in total. The molecule has 0 spiro atoms. The van der Waals surface area contributed by atoms with Gasteiger partial charge < -0.3 is 10.5 Å². The molecule has 100 valence electrons. The highest BCUT2D eigenvalue weighted by Crippen LogP contribution is 2.19. The van der Waals surface area contributed by atoms with Crippen LogP contribution in [0.2, 0.25) is 0 Å². The van der Waals surface area contributed by atoms with Crippen molar-refractivity contribution in [2.45, 2.75) is 31.9 Å². The van der Waals surface area contributed by atoms with Gasteiger partial charge in [0.1, 0.15) is 0 Å². The Labute approximate surface area is 103 Å². The summed E-state index contributed by atoms with van der Waals surface area (Å²) in [6.45, 7) is 4.36. The van der Waals surface area contributed by atoms with Crippen LogP contribution in [-0.2, 0) is 14.9 Å². The fourth-order valence-corrected chi connectivity index (χ4v) is 3.95. The Morgan fingerprint density at radius 1 is 1.24 bits per heavy atom. The summed E-state index contributed by atoms with van der Waals surface area (Å²) in [6, 6.07) is -0.147. The molecule has 2 heterocycles. The zero-order chi connectivity index (χ0) is 12.5. The first kappa shape index (κ1) is 13.2. The summed E-state index contributed by atoms with van der Waals surface area (Å²) >= 11 is 0. The van der Waals surface area contributed by atoms with Gasteiger partial charge in [0, 0.05) is 32.2 Å². The normalized spacial score (nSPS) is 30.6. The molecule has 0 saturated carbocycles. The van der Waals surface area contributed by atoms with E-state index in [2.05, 4.69) is 0 Å². The SMILES string of the molecule is CC(N)C1CN(S(=O)(=O)N2CCCC2)CCO1. The van der Waals surface area contributed by atoms with E-state index in [4.69, 9.17) is 10.5 Å². The van der Waals surface area contributed by atoms with Crippen molar-refractivity contribution in [1.82, 2.24) is 8.61 Å². The van der Waals surface area contributed by atoms with Crippen molar-refractivity contribution >= 4 is 10.2 Å². The number of ether oxygens (including phenoxy) is 1. The Morgan fingerprint density at radius 3 is 2.47 bits per heavy atom. The van der Waals surface area contributed by atoms with Crippen molar-refractivity contribution in [2.75, 3.05) is 32.8 Å². The molecule has 2 atom stereocenters. The van der Waals surface area contributed by atoms with Gasteiger partial charge in [0.2, 0.25) is 0 Å². The average Bonchev–Trinajstić information content (AvgIpc) is 2.83. The van der Waals surface area contributed by atoms with Crippen LogP contribution in [0.5, 0.6) is 0 Å². The van der Waals surface area contributed by atoms with Crippen LogP contribution in [0.1, 0.15) is 19.8 Å². The van der Waals surface area contributed by atoms with E-state index in [9.17, 15) is 8.42 Å². The highest BCUT2D eigenvalue weighted by atomic mass is 32.2. The minimum Gasteiger partial charge on any atom is -0.374 e. The van der Waals surface area contributed by atoms with E-state index >= 15 is 0 Å². The monoisotopic (exact) mass is 263 g/mol. The molecule has 2 aliphatic rings. The molecule has 0 bridgehead atoms. The molecule has 17 heavy (non-hydrogen) atoms. The van der Waals surface area contributed by atoms with Crippen LogP contribution in [0.25, 0.3) is 0 Å². The van der Waals surface area contributed by atoms with Gasteiger partial charge in [-0.25, -0.2) is 0 Å². The van der Waals surface area contributed by atoms with Crippen molar-refractivity contribution in [2.24, 2.45) is 5.73 Å². The van der Waals surface area contributed by atoms with Crippen LogP contribution in [0.4, 0.5) is 0 Å². The van der Waals surface area contributed by atoms with E-state index in [-0.39, 0.29) is 12.1 Å². The molecule has 2 rings (SSSR count). The quantitative estimate of drug-likeness (QED) is 0.736. The molecule has 2 unspecified atom stereocenters. The van der Waals surface area contributed by atoms with Gasteiger partial charge >= 0.3 is 0 Å². The predicted octanol–water partition coefficient (Wildman–Crippen LogP) is -0.625. The average molecular weight is 263 g/mol. The van der Waals surface area contributed by atoms with Crippen LogP contribution < -0.4 is 5.73 Å². The number of nitrogens with zero attached hydrogens (tertiary/aromatic N) is 2. The predicted molar refractivity (Wildman–Crippen MR) is 64.7 cm³/mol. The summed E-state index contributed by atoms with van der Waals surface area (Å²) in [6.07, 6.45) is 1.72. The molecule has 0 aliphatic carbocycles. The molecule has 0 radical (unpaired) electrons. The van der Waals surface area contributed by atoms with Crippen molar-refractivity contribution in [1.29, 1.82) is 0 Å². The largest absolute Gasteiger partial charge is 0.374 e. The molecular formula is C10H21N3O3S. The van der Waals surface area contributed by atoms with Crippen molar-refractivity contribution in [3.05, 3.63) is 0 Å². The summed E-state index contributed by atoms with van der Waals surface area (Å²) in [5, 5.41) is 0. The first-order chi connectivity index (χ1) is 8.01. The Morgan fingerprint density at radius 2 is 1.88 bits per heavy atom. The Hall–Kier alpha value is -0.210. The van der Waals surface area contributed by atoms with Crippen LogP contribution in [0.15, 0.2) is 0 Å². The van der Waals surface area contributed by atoms with Crippen LogP contribution >= 0.6 is 0 Å². The van der Waals surface area contributed by atoms with E-state index in [1.54, 1.807) is 4.31 Å². The number of hydrogen-bond donors (Lipinski definition) is 1. The maximum absolute atomic E-state index is 12.3. The molecule has 7 heteroatoms. The Kier molecular flexibility index (Phi) is 4.04. The number of morpholine rings is 1. The maximum atomic E-state index is 12.3. The third-order valence-corrected chi connectivity index (χ3v) is 5.36.